The van der Waals surface area contributed by atoms with Crippen molar-refractivity contribution in [2.24, 2.45) is 0 Å². The van der Waals surface area contributed by atoms with Gasteiger partial charge < -0.3 is 24.1 Å². The first kappa shape index (κ1) is 25.2. The molecule has 0 spiro atoms. The van der Waals surface area contributed by atoms with Gasteiger partial charge in [0.15, 0.2) is 0 Å². The van der Waals surface area contributed by atoms with E-state index in [9.17, 15) is 19.5 Å². The Balaban J connectivity index is 5.75. The predicted octanol–water partition coefficient (Wildman–Crippen LogP) is 2.49. The average Bonchev–Trinajstić information content (AvgIpc) is 2.50. The fraction of sp³-hybridized carbons (Fsp3) is 0.737. The van der Waals surface area contributed by atoms with Crippen molar-refractivity contribution in [1.82, 2.24) is 0 Å². The summed E-state index contributed by atoms with van der Waals surface area (Å²) in [5.74, 6) is -3.07. The lowest BCUT2D eigenvalue weighted by Crippen LogP contribution is -2.57. The number of carboxylic acid groups (broad SMARTS) is 1. The molecule has 0 fully saturated rings. The maximum atomic E-state index is 13.1. The van der Waals surface area contributed by atoms with Crippen LogP contribution in [-0.2, 0) is 33.3 Å². The summed E-state index contributed by atoms with van der Waals surface area (Å²) in [6.45, 7) is 14.6. The zero-order valence-electron chi connectivity index (χ0n) is 17.2. The molecule has 0 bridgehead atoms. The van der Waals surface area contributed by atoms with Crippen molar-refractivity contribution in [1.29, 1.82) is 0 Å². The molecule has 156 valence electrons. The summed E-state index contributed by atoms with van der Waals surface area (Å²) in [6, 6.07) is 0. The molecule has 27 heavy (non-hydrogen) atoms. The Morgan fingerprint density at radius 1 is 0.963 bits per heavy atom. The first-order chi connectivity index (χ1) is 12.3. The van der Waals surface area contributed by atoms with E-state index in [2.05, 4.69) is 6.58 Å². The van der Waals surface area contributed by atoms with Crippen molar-refractivity contribution in [3.8, 4) is 0 Å². The molecule has 1 N–H and O–H groups in total. The van der Waals surface area contributed by atoms with Crippen molar-refractivity contribution < 1.29 is 38.4 Å². The molecule has 0 aromatic rings. The zero-order chi connectivity index (χ0) is 21.4. The van der Waals surface area contributed by atoms with Crippen molar-refractivity contribution in [3.63, 3.8) is 0 Å². The molecule has 8 nitrogen and oxygen atoms in total. The Morgan fingerprint density at radius 3 is 1.78 bits per heavy atom. The maximum Gasteiger partial charge on any atom is 0.344 e. The Morgan fingerprint density at radius 2 is 1.44 bits per heavy atom. The summed E-state index contributed by atoms with van der Waals surface area (Å²) in [6.07, 6.45) is -3.18. The second-order valence-electron chi connectivity index (χ2n) is 7.03. The Hall–Kier alpha value is -1.77. The van der Waals surface area contributed by atoms with Crippen LogP contribution in [0.15, 0.2) is 12.2 Å². The first-order valence-electron chi connectivity index (χ1n) is 8.92. The van der Waals surface area contributed by atoms with Gasteiger partial charge in [0.25, 0.3) is 0 Å². The number of ether oxygens (including phenoxy) is 4. The molecule has 8 heteroatoms. The number of Topliss-reactive ketones (excluding diaryl/α,β-unsaturated/α-hetero) is 1. The molecular weight excluding hydrogens is 356 g/mol. The lowest BCUT2D eigenvalue weighted by Gasteiger charge is -2.34. The number of carboxylic acids is 1. The van der Waals surface area contributed by atoms with E-state index in [1.807, 2.05) is 0 Å². The minimum Gasteiger partial charge on any atom is -0.479 e. The molecule has 0 aliphatic rings. The van der Waals surface area contributed by atoms with Gasteiger partial charge in [0.2, 0.25) is 17.7 Å². The Kier molecular flexibility index (Phi) is 10.4. The summed E-state index contributed by atoms with van der Waals surface area (Å²) in [7, 11) is 0. The minimum atomic E-state index is -2.28. The van der Waals surface area contributed by atoms with Gasteiger partial charge in [-0.05, 0) is 48.5 Å². The third kappa shape index (κ3) is 8.19. The van der Waals surface area contributed by atoms with Gasteiger partial charge in [-0.3, -0.25) is 4.79 Å². The van der Waals surface area contributed by atoms with Crippen LogP contribution in [0.1, 0.15) is 54.9 Å². The molecule has 1 atom stereocenters. The quantitative estimate of drug-likeness (QED) is 0.222. The normalized spacial score (nSPS) is 13.9. The number of aliphatic carboxylic acids is 1. The number of carbonyl (C=O) groups excluding carboxylic acids is 2. The van der Waals surface area contributed by atoms with Crippen LogP contribution in [0.3, 0.4) is 0 Å². The van der Waals surface area contributed by atoms with Gasteiger partial charge in [-0.1, -0.05) is 6.58 Å². The molecule has 0 aromatic heterocycles. The maximum absolute atomic E-state index is 13.1. The number of hydrogen-bond donors (Lipinski definition) is 1. The van der Waals surface area contributed by atoms with E-state index in [4.69, 9.17) is 18.9 Å². The van der Waals surface area contributed by atoms with Gasteiger partial charge >= 0.3 is 11.9 Å². The molecule has 0 rings (SSSR count). The standard InChI is InChI=1S/C19H32O8/c1-11(2)16(21)24-10-9-19(18(22)23,27-14(7)8)15(20)17(25-12(3)4)26-13(5)6/h12-14,17H,1,9-10H2,2-8H3,(H,22,23). The van der Waals surface area contributed by atoms with Crippen LogP contribution in [0.2, 0.25) is 0 Å². The first-order valence-corrected chi connectivity index (χ1v) is 8.92. The zero-order valence-corrected chi connectivity index (χ0v) is 17.2. The van der Waals surface area contributed by atoms with Gasteiger partial charge in [-0.25, -0.2) is 9.59 Å². The fourth-order valence-electron chi connectivity index (χ4n) is 2.16. The third-order valence-electron chi connectivity index (χ3n) is 3.22. The molecule has 0 heterocycles. The van der Waals surface area contributed by atoms with E-state index in [1.54, 1.807) is 41.5 Å². The van der Waals surface area contributed by atoms with Gasteiger partial charge in [-0.2, -0.15) is 0 Å². The molecule has 0 aliphatic carbocycles. The van der Waals surface area contributed by atoms with Crippen molar-refractivity contribution in [2.75, 3.05) is 6.61 Å². The van der Waals surface area contributed by atoms with Gasteiger partial charge in [0.05, 0.1) is 24.9 Å². The Labute approximate surface area is 160 Å². The molecule has 0 amide bonds. The number of carbonyl (C=O) groups is 3. The topological polar surface area (TPSA) is 108 Å². The molecule has 0 saturated heterocycles. The molecule has 1 unspecified atom stereocenters. The second-order valence-corrected chi connectivity index (χ2v) is 7.03. The van der Waals surface area contributed by atoms with Gasteiger partial charge in [-0.15, -0.1) is 0 Å². The number of ketones is 1. The van der Waals surface area contributed by atoms with Gasteiger partial charge in [0, 0.05) is 12.0 Å². The highest BCUT2D eigenvalue weighted by molar-refractivity contribution is 6.08. The van der Waals surface area contributed by atoms with E-state index in [-0.39, 0.29) is 24.4 Å². The summed E-state index contributed by atoms with van der Waals surface area (Å²) in [5.41, 5.74) is -2.12. The van der Waals surface area contributed by atoms with Gasteiger partial charge in [0.1, 0.15) is 0 Å². The van der Waals surface area contributed by atoms with E-state index in [0.29, 0.717) is 0 Å². The van der Waals surface area contributed by atoms with Crippen molar-refractivity contribution in [3.05, 3.63) is 12.2 Å². The lowest BCUT2D eigenvalue weighted by atomic mass is 9.93. The third-order valence-corrected chi connectivity index (χ3v) is 3.22. The number of hydrogen-bond acceptors (Lipinski definition) is 7. The van der Waals surface area contributed by atoms with E-state index in [1.165, 1.54) is 6.92 Å². The summed E-state index contributed by atoms with van der Waals surface area (Å²) < 4.78 is 21.5. The summed E-state index contributed by atoms with van der Waals surface area (Å²) in [5, 5.41) is 9.82. The lowest BCUT2D eigenvalue weighted by molar-refractivity contribution is -0.217. The van der Waals surface area contributed by atoms with Crippen LogP contribution in [-0.4, -0.2) is 59.6 Å². The van der Waals surface area contributed by atoms with E-state index < -0.39 is 42.1 Å². The van der Waals surface area contributed by atoms with Crippen LogP contribution >= 0.6 is 0 Å². The van der Waals surface area contributed by atoms with E-state index >= 15 is 0 Å². The average molecular weight is 388 g/mol. The molecule has 0 aromatic carbocycles. The second kappa shape index (κ2) is 11.2. The SMILES string of the molecule is C=C(C)C(=O)OCCC(OC(C)C)(C(=O)O)C(=O)C(OC(C)C)OC(C)C. The molecule has 0 radical (unpaired) electrons. The van der Waals surface area contributed by atoms with E-state index in [0.717, 1.165) is 0 Å². The minimum absolute atomic E-state index is 0.163. The highest BCUT2D eigenvalue weighted by Crippen LogP contribution is 2.25. The van der Waals surface area contributed by atoms with Crippen LogP contribution in [0, 0.1) is 0 Å². The smallest absolute Gasteiger partial charge is 0.344 e. The number of rotatable bonds is 13. The monoisotopic (exact) mass is 388 g/mol. The van der Waals surface area contributed by atoms with Crippen molar-refractivity contribution >= 4 is 17.7 Å². The Bertz CT molecular complexity index is 528. The largest absolute Gasteiger partial charge is 0.479 e. The van der Waals surface area contributed by atoms with Crippen LogP contribution in [0.25, 0.3) is 0 Å². The fourth-order valence-corrected chi connectivity index (χ4v) is 2.16. The molecular formula is C19H32O8. The highest BCUT2D eigenvalue weighted by Gasteiger charge is 2.52. The van der Waals surface area contributed by atoms with Crippen molar-refractivity contribution in [2.45, 2.75) is 85.1 Å². The van der Waals surface area contributed by atoms with Crippen LogP contribution in [0.4, 0.5) is 0 Å². The molecule has 0 aliphatic heterocycles. The number of esters is 1. The summed E-state index contributed by atoms with van der Waals surface area (Å²) in [4.78, 5) is 36.7. The van der Waals surface area contributed by atoms with Crippen LogP contribution in [0.5, 0.6) is 0 Å². The predicted molar refractivity (Wildman–Crippen MR) is 98.2 cm³/mol. The van der Waals surface area contributed by atoms with Crippen LogP contribution < -0.4 is 0 Å². The molecule has 0 saturated carbocycles. The summed E-state index contributed by atoms with van der Waals surface area (Å²) >= 11 is 0. The highest BCUT2D eigenvalue weighted by atomic mass is 16.7.